The van der Waals surface area contributed by atoms with Crippen LogP contribution in [0.1, 0.15) is 43.2 Å². The fourth-order valence-electron chi connectivity index (χ4n) is 3.12. The van der Waals surface area contributed by atoms with Crippen molar-refractivity contribution in [2.24, 2.45) is 11.7 Å². The number of rotatable bonds is 5. The molecule has 1 amide bonds. The highest BCUT2D eigenvalue weighted by molar-refractivity contribution is 7.80. The molecule has 2 rings (SSSR count). The molecule has 1 aromatic rings. The minimum atomic E-state index is -0.155. The summed E-state index contributed by atoms with van der Waals surface area (Å²) in [5.41, 5.74) is 8.04. The molecule has 0 radical (unpaired) electrons. The SMILES string of the molecule is Cc1cccc(CC(=O)NC(C(N)=S)C2CCCCC2)c1. The highest BCUT2D eigenvalue weighted by Crippen LogP contribution is 2.26. The highest BCUT2D eigenvalue weighted by Gasteiger charge is 2.27. The Hall–Kier alpha value is -1.42. The van der Waals surface area contributed by atoms with Crippen LogP contribution in [-0.2, 0) is 11.2 Å². The number of carbonyl (C=O) groups is 1. The Morgan fingerprint density at radius 1 is 1.38 bits per heavy atom. The molecule has 4 heteroatoms. The number of carbonyl (C=O) groups excluding carboxylic acids is 1. The molecule has 1 aliphatic carbocycles. The molecule has 21 heavy (non-hydrogen) atoms. The molecular formula is C17H24N2OS. The Bertz CT molecular complexity index is 509. The molecule has 1 aromatic carbocycles. The number of hydrogen-bond acceptors (Lipinski definition) is 2. The van der Waals surface area contributed by atoms with E-state index < -0.39 is 0 Å². The largest absolute Gasteiger partial charge is 0.392 e. The van der Waals surface area contributed by atoms with E-state index in [-0.39, 0.29) is 11.9 Å². The van der Waals surface area contributed by atoms with E-state index in [1.165, 1.54) is 24.8 Å². The quantitative estimate of drug-likeness (QED) is 0.822. The summed E-state index contributed by atoms with van der Waals surface area (Å²) in [5, 5.41) is 3.05. The molecule has 0 aliphatic heterocycles. The van der Waals surface area contributed by atoms with Crippen molar-refractivity contribution in [1.29, 1.82) is 0 Å². The maximum atomic E-state index is 12.3. The van der Waals surface area contributed by atoms with Gasteiger partial charge in [0.2, 0.25) is 5.91 Å². The predicted molar refractivity (Wildman–Crippen MR) is 90.2 cm³/mol. The topological polar surface area (TPSA) is 55.1 Å². The Morgan fingerprint density at radius 2 is 2.10 bits per heavy atom. The van der Waals surface area contributed by atoms with Gasteiger partial charge in [-0.15, -0.1) is 0 Å². The van der Waals surface area contributed by atoms with Crippen LogP contribution in [0, 0.1) is 12.8 Å². The molecule has 114 valence electrons. The number of thiocarbonyl (C=S) groups is 1. The van der Waals surface area contributed by atoms with Crippen molar-refractivity contribution in [1.82, 2.24) is 5.32 Å². The first-order chi connectivity index (χ1) is 10.1. The molecule has 1 aliphatic rings. The third-order valence-corrected chi connectivity index (χ3v) is 4.45. The van der Waals surface area contributed by atoms with Crippen molar-refractivity contribution in [3.63, 3.8) is 0 Å². The van der Waals surface area contributed by atoms with E-state index >= 15 is 0 Å². The van der Waals surface area contributed by atoms with E-state index in [4.69, 9.17) is 18.0 Å². The monoisotopic (exact) mass is 304 g/mol. The van der Waals surface area contributed by atoms with Gasteiger partial charge in [0.15, 0.2) is 0 Å². The van der Waals surface area contributed by atoms with Crippen LogP contribution in [0.5, 0.6) is 0 Å². The van der Waals surface area contributed by atoms with Gasteiger partial charge in [0.1, 0.15) is 0 Å². The molecule has 3 nitrogen and oxygen atoms in total. The average molecular weight is 304 g/mol. The fraction of sp³-hybridized carbons (Fsp3) is 0.529. The van der Waals surface area contributed by atoms with Gasteiger partial charge in [-0.05, 0) is 31.2 Å². The van der Waals surface area contributed by atoms with Gasteiger partial charge < -0.3 is 11.1 Å². The molecule has 0 heterocycles. The smallest absolute Gasteiger partial charge is 0.224 e. The van der Waals surface area contributed by atoms with Gasteiger partial charge in [0, 0.05) is 0 Å². The van der Waals surface area contributed by atoms with E-state index in [2.05, 4.69) is 5.32 Å². The third kappa shape index (κ3) is 4.81. The number of nitrogens with two attached hydrogens (primary N) is 1. The lowest BCUT2D eigenvalue weighted by Crippen LogP contribution is -2.49. The minimum Gasteiger partial charge on any atom is -0.392 e. The van der Waals surface area contributed by atoms with Gasteiger partial charge in [-0.1, -0.05) is 61.3 Å². The van der Waals surface area contributed by atoms with Crippen LogP contribution < -0.4 is 11.1 Å². The van der Waals surface area contributed by atoms with Gasteiger partial charge in [-0.2, -0.15) is 0 Å². The Labute approximate surface area is 132 Å². The molecule has 3 N–H and O–H groups in total. The highest BCUT2D eigenvalue weighted by atomic mass is 32.1. The Balaban J connectivity index is 1.96. The van der Waals surface area contributed by atoms with Gasteiger partial charge >= 0.3 is 0 Å². The van der Waals surface area contributed by atoms with E-state index in [1.807, 2.05) is 31.2 Å². The van der Waals surface area contributed by atoms with Crippen molar-refractivity contribution in [2.75, 3.05) is 0 Å². The first-order valence-electron chi connectivity index (χ1n) is 7.70. The van der Waals surface area contributed by atoms with Gasteiger partial charge in [-0.25, -0.2) is 0 Å². The summed E-state index contributed by atoms with van der Waals surface area (Å²) in [7, 11) is 0. The number of hydrogen-bond donors (Lipinski definition) is 2. The van der Waals surface area contributed by atoms with Crippen LogP contribution in [0.2, 0.25) is 0 Å². The lowest BCUT2D eigenvalue weighted by atomic mass is 9.83. The Kier molecular flexibility index (Phi) is 5.74. The zero-order chi connectivity index (χ0) is 15.2. The summed E-state index contributed by atoms with van der Waals surface area (Å²) in [6.07, 6.45) is 6.28. The molecule has 1 saturated carbocycles. The molecule has 0 bridgehead atoms. The van der Waals surface area contributed by atoms with Crippen molar-refractivity contribution >= 4 is 23.1 Å². The summed E-state index contributed by atoms with van der Waals surface area (Å²) >= 11 is 5.16. The van der Waals surface area contributed by atoms with E-state index in [0.717, 1.165) is 18.4 Å². The number of nitrogens with one attached hydrogen (secondary N) is 1. The predicted octanol–water partition coefficient (Wildman–Crippen LogP) is 2.89. The second kappa shape index (κ2) is 7.55. The molecule has 1 unspecified atom stereocenters. The maximum absolute atomic E-state index is 12.3. The molecule has 0 saturated heterocycles. The minimum absolute atomic E-state index is 0.00368. The Morgan fingerprint density at radius 3 is 2.71 bits per heavy atom. The number of amides is 1. The van der Waals surface area contributed by atoms with Gasteiger partial charge in [0.05, 0.1) is 17.5 Å². The van der Waals surface area contributed by atoms with Crippen molar-refractivity contribution in [3.05, 3.63) is 35.4 Å². The zero-order valence-electron chi connectivity index (χ0n) is 12.6. The first kappa shape index (κ1) is 16.0. The van der Waals surface area contributed by atoms with Crippen molar-refractivity contribution in [3.8, 4) is 0 Å². The third-order valence-electron chi connectivity index (χ3n) is 4.19. The zero-order valence-corrected chi connectivity index (χ0v) is 13.4. The van der Waals surface area contributed by atoms with Gasteiger partial charge in [-0.3, -0.25) is 4.79 Å². The van der Waals surface area contributed by atoms with Crippen molar-refractivity contribution < 1.29 is 4.79 Å². The van der Waals surface area contributed by atoms with Crippen LogP contribution in [0.3, 0.4) is 0 Å². The molecule has 0 aromatic heterocycles. The first-order valence-corrected chi connectivity index (χ1v) is 8.11. The van der Waals surface area contributed by atoms with E-state index in [9.17, 15) is 4.79 Å². The van der Waals surface area contributed by atoms with Crippen LogP contribution >= 0.6 is 12.2 Å². The normalized spacial score (nSPS) is 17.2. The summed E-state index contributed by atoms with van der Waals surface area (Å²) < 4.78 is 0. The van der Waals surface area contributed by atoms with Crippen molar-refractivity contribution in [2.45, 2.75) is 51.5 Å². The fourth-order valence-corrected chi connectivity index (χ4v) is 3.37. The van der Waals surface area contributed by atoms with Gasteiger partial charge in [0.25, 0.3) is 0 Å². The van der Waals surface area contributed by atoms with Crippen LogP contribution in [-0.4, -0.2) is 16.9 Å². The second-order valence-electron chi connectivity index (χ2n) is 6.01. The maximum Gasteiger partial charge on any atom is 0.224 e. The summed E-state index contributed by atoms with van der Waals surface area (Å²) in [6, 6.07) is 7.86. The second-order valence-corrected chi connectivity index (χ2v) is 6.48. The number of aryl methyl sites for hydroxylation is 1. The molecular weight excluding hydrogens is 280 g/mol. The van der Waals surface area contributed by atoms with E-state index in [1.54, 1.807) is 0 Å². The van der Waals surface area contributed by atoms with Crippen LogP contribution in [0.15, 0.2) is 24.3 Å². The lowest BCUT2D eigenvalue weighted by molar-refractivity contribution is -0.121. The molecule has 0 spiro atoms. The van der Waals surface area contributed by atoms with Crippen LogP contribution in [0.4, 0.5) is 0 Å². The summed E-state index contributed by atoms with van der Waals surface area (Å²) in [5.74, 6) is 0.404. The average Bonchev–Trinajstić information content (AvgIpc) is 2.45. The van der Waals surface area contributed by atoms with E-state index in [0.29, 0.717) is 17.3 Å². The summed E-state index contributed by atoms with van der Waals surface area (Å²) in [4.78, 5) is 12.7. The number of benzene rings is 1. The molecule has 1 fully saturated rings. The van der Waals surface area contributed by atoms with Crippen LogP contribution in [0.25, 0.3) is 0 Å². The molecule has 1 atom stereocenters. The standard InChI is InChI=1S/C17H24N2OS/c1-12-6-5-7-13(10-12)11-15(20)19-16(17(18)21)14-8-3-2-4-9-14/h5-7,10,14,16H,2-4,8-9,11H2,1H3,(H2,18,21)(H,19,20). The summed E-state index contributed by atoms with van der Waals surface area (Å²) in [6.45, 7) is 2.03. The lowest BCUT2D eigenvalue weighted by Gasteiger charge is -2.30.